The van der Waals surface area contributed by atoms with Gasteiger partial charge in [-0.3, -0.25) is 4.79 Å². The number of aromatic nitrogens is 1. The van der Waals surface area contributed by atoms with Gasteiger partial charge in [-0.05, 0) is 25.2 Å². The molecule has 6 nitrogen and oxygen atoms in total. The third kappa shape index (κ3) is 3.99. The van der Waals surface area contributed by atoms with Crippen molar-refractivity contribution >= 4 is 33.5 Å². The number of hydrogen-bond acceptors (Lipinski definition) is 5. The van der Waals surface area contributed by atoms with Crippen molar-refractivity contribution in [1.82, 2.24) is 9.29 Å². The highest BCUT2D eigenvalue weighted by Gasteiger charge is 2.27. The number of carbonyl (C=O) groups is 1. The van der Waals surface area contributed by atoms with Crippen LogP contribution < -0.4 is 5.32 Å². The van der Waals surface area contributed by atoms with Gasteiger partial charge in [-0.1, -0.05) is 6.92 Å². The van der Waals surface area contributed by atoms with Gasteiger partial charge in [0.25, 0.3) is 0 Å². The Kier molecular flexibility index (Phi) is 5.82. The molecule has 0 aliphatic carbocycles. The van der Waals surface area contributed by atoms with E-state index in [1.54, 1.807) is 11.8 Å². The summed E-state index contributed by atoms with van der Waals surface area (Å²) < 4.78 is 26.5. The normalized spacial score (nSPS) is 17.4. The third-order valence-electron chi connectivity index (χ3n) is 3.55. The van der Waals surface area contributed by atoms with Gasteiger partial charge in [0.15, 0.2) is 0 Å². The van der Waals surface area contributed by atoms with Crippen molar-refractivity contribution in [2.75, 3.05) is 30.4 Å². The number of sulfonamides is 1. The lowest BCUT2D eigenvalue weighted by molar-refractivity contribution is -0.118. The molecule has 2 heterocycles. The highest BCUT2D eigenvalue weighted by atomic mass is 32.2. The molecule has 0 aromatic carbocycles. The van der Waals surface area contributed by atoms with Gasteiger partial charge < -0.3 is 5.32 Å². The molecule has 1 unspecified atom stereocenters. The molecule has 0 saturated carbocycles. The zero-order valence-electron chi connectivity index (χ0n) is 12.8. The molecule has 122 valence electrons. The molecule has 1 N–H and O–H groups in total. The van der Waals surface area contributed by atoms with Crippen molar-refractivity contribution in [3.8, 4) is 0 Å². The Hall–Kier alpha value is -1.12. The van der Waals surface area contributed by atoms with Crippen LogP contribution in [0, 0.1) is 5.92 Å². The van der Waals surface area contributed by atoms with Crippen LogP contribution in [0.25, 0.3) is 0 Å². The summed E-state index contributed by atoms with van der Waals surface area (Å²) in [4.78, 5) is 16.2. The van der Waals surface area contributed by atoms with E-state index in [2.05, 4.69) is 10.3 Å². The second-order valence-electron chi connectivity index (χ2n) is 5.33. The number of hydrogen-bond donors (Lipinski definition) is 1. The number of nitrogens with zero attached hydrogens (tertiary/aromatic N) is 2. The van der Waals surface area contributed by atoms with Crippen LogP contribution >= 0.6 is 11.8 Å². The van der Waals surface area contributed by atoms with Crippen molar-refractivity contribution in [2.24, 2.45) is 5.92 Å². The Morgan fingerprint density at radius 3 is 2.77 bits per heavy atom. The van der Waals surface area contributed by atoms with Crippen LogP contribution in [0.15, 0.2) is 23.2 Å². The van der Waals surface area contributed by atoms with Crippen LogP contribution in [0.5, 0.6) is 0 Å². The number of thioether (sulfide) groups is 1. The molecular weight excluding hydrogens is 322 g/mol. The van der Waals surface area contributed by atoms with Gasteiger partial charge in [0.1, 0.15) is 5.82 Å². The van der Waals surface area contributed by atoms with Crippen LogP contribution in [0.3, 0.4) is 0 Å². The zero-order chi connectivity index (χ0) is 16.2. The van der Waals surface area contributed by atoms with E-state index < -0.39 is 10.0 Å². The minimum Gasteiger partial charge on any atom is -0.310 e. The van der Waals surface area contributed by atoms with Gasteiger partial charge in [0.2, 0.25) is 15.9 Å². The second kappa shape index (κ2) is 7.43. The van der Waals surface area contributed by atoms with Crippen molar-refractivity contribution in [1.29, 1.82) is 0 Å². The molecule has 1 aromatic rings. The van der Waals surface area contributed by atoms with Crippen molar-refractivity contribution < 1.29 is 13.2 Å². The fraction of sp³-hybridized carbons (Fsp3) is 0.571. The van der Waals surface area contributed by atoms with E-state index in [4.69, 9.17) is 0 Å². The number of rotatable bonds is 6. The summed E-state index contributed by atoms with van der Waals surface area (Å²) in [6.07, 6.45) is 5.13. The standard InChI is InChI=1S/C14H21N3O3S2/c1-11(10-21-2)14(18)16-13-9-12(5-6-15-13)22(19,20)17-7-3-4-8-17/h5-6,9,11H,3-4,7-8,10H2,1-2H3,(H,15,16,18). The molecule has 1 amide bonds. The average Bonchev–Trinajstić information content (AvgIpc) is 3.02. The maximum Gasteiger partial charge on any atom is 0.243 e. The van der Waals surface area contributed by atoms with Gasteiger partial charge in [-0.25, -0.2) is 13.4 Å². The van der Waals surface area contributed by atoms with E-state index in [-0.39, 0.29) is 22.5 Å². The molecule has 1 aliphatic rings. The first-order valence-electron chi connectivity index (χ1n) is 7.21. The Morgan fingerprint density at radius 1 is 1.45 bits per heavy atom. The van der Waals surface area contributed by atoms with Crippen molar-refractivity contribution in [3.63, 3.8) is 0 Å². The lowest BCUT2D eigenvalue weighted by atomic mass is 10.2. The first-order valence-corrected chi connectivity index (χ1v) is 10.0. The van der Waals surface area contributed by atoms with Crippen molar-refractivity contribution in [2.45, 2.75) is 24.7 Å². The fourth-order valence-corrected chi connectivity index (χ4v) is 4.47. The summed E-state index contributed by atoms with van der Waals surface area (Å²) in [6.45, 7) is 2.94. The Bertz CT molecular complexity index is 628. The molecule has 1 fully saturated rings. The predicted molar refractivity (Wildman–Crippen MR) is 88.4 cm³/mol. The highest BCUT2D eigenvalue weighted by Crippen LogP contribution is 2.22. The monoisotopic (exact) mass is 343 g/mol. The van der Waals surface area contributed by atoms with E-state index in [9.17, 15) is 13.2 Å². The maximum absolute atomic E-state index is 12.5. The minimum absolute atomic E-state index is 0.155. The number of amides is 1. The predicted octanol–water partition coefficient (Wildman–Crippen LogP) is 1.80. The van der Waals surface area contributed by atoms with Gasteiger partial charge in [-0.2, -0.15) is 16.1 Å². The van der Waals surface area contributed by atoms with Gasteiger partial charge >= 0.3 is 0 Å². The van der Waals surface area contributed by atoms with Crippen LogP contribution in [0.2, 0.25) is 0 Å². The number of anilines is 1. The third-order valence-corrected chi connectivity index (χ3v) is 6.28. The lowest BCUT2D eigenvalue weighted by Crippen LogP contribution is -2.28. The topological polar surface area (TPSA) is 79.4 Å². The minimum atomic E-state index is -3.49. The van der Waals surface area contributed by atoms with E-state index in [0.29, 0.717) is 18.8 Å². The molecule has 1 atom stereocenters. The summed E-state index contributed by atoms with van der Waals surface area (Å²) in [7, 11) is -3.49. The summed E-state index contributed by atoms with van der Waals surface area (Å²) >= 11 is 1.59. The number of carbonyl (C=O) groups excluding carboxylic acids is 1. The molecule has 1 aliphatic heterocycles. The highest BCUT2D eigenvalue weighted by molar-refractivity contribution is 7.98. The largest absolute Gasteiger partial charge is 0.310 e. The van der Waals surface area contributed by atoms with Crippen LogP contribution in [0.4, 0.5) is 5.82 Å². The quantitative estimate of drug-likeness (QED) is 0.852. The summed E-state index contributed by atoms with van der Waals surface area (Å²) in [5.74, 6) is 0.670. The molecule has 2 rings (SSSR count). The Labute approximate surface area is 135 Å². The van der Waals surface area contributed by atoms with Crippen LogP contribution in [0.1, 0.15) is 19.8 Å². The van der Waals surface area contributed by atoms with E-state index in [1.807, 2.05) is 13.2 Å². The first-order chi connectivity index (χ1) is 10.4. The van der Waals surface area contributed by atoms with E-state index in [1.165, 1.54) is 22.6 Å². The molecule has 8 heteroatoms. The average molecular weight is 343 g/mol. The van der Waals surface area contributed by atoms with Gasteiger partial charge in [0.05, 0.1) is 4.90 Å². The zero-order valence-corrected chi connectivity index (χ0v) is 14.4. The van der Waals surface area contributed by atoms with Crippen LogP contribution in [-0.4, -0.2) is 48.7 Å². The number of nitrogens with one attached hydrogen (secondary N) is 1. The van der Waals surface area contributed by atoms with E-state index in [0.717, 1.165) is 12.8 Å². The smallest absolute Gasteiger partial charge is 0.243 e. The summed E-state index contributed by atoms with van der Waals surface area (Å²) in [6, 6.07) is 2.89. The van der Waals surface area contributed by atoms with Gasteiger partial charge in [0, 0.05) is 37.0 Å². The number of pyridine rings is 1. The molecular formula is C14H21N3O3S2. The first kappa shape index (κ1) is 17.2. The Balaban J connectivity index is 2.14. The Morgan fingerprint density at radius 2 is 2.14 bits per heavy atom. The molecule has 1 saturated heterocycles. The van der Waals surface area contributed by atoms with Crippen LogP contribution in [-0.2, 0) is 14.8 Å². The summed E-state index contributed by atoms with van der Waals surface area (Å²) in [5, 5.41) is 2.68. The van der Waals surface area contributed by atoms with Gasteiger partial charge in [-0.15, -0.1) is 0 Å². The van der Waals surface area contributed by atoms with E-state index >= 15 is 0 Å². The van der Waals surface area contributed by atoms with Crippen molar-refractivity contribution in [3.05, 3.63) is 18.3 Å². The SMILES string of the molecule is CSCC(C)C(=O)Nc1cc(S(=O)(=O)N2CCCC2)ccn1. The molecule has 22 heavy (non-hydrogen) atoms. The fourth-order valence-electron chi connectivity index (χ4n) is 2.29. The molecule has 0 bridgehead atoms. The molecule has 0 radical (unpaired) electrons. The second-order valence-corrected chi connectivity index (χ2v) is 8.18. The molecule has 1 aromatic heterocycles. The summed E-state index contributed by atoms with van der Waals surface area (Å²) in [5.41, 5.74) is 0. The maximum atomic E-state index is 12.5. The lowest BCUT2D eigenvalue weighted by Gasteiger charge is -2.16. The molecule has 0 spiro atoms.